The first-order chi connectivity index (χ1) is 8.72. The summed E-state index contributed by atoms with van der Waals surface area (Å²) in [5.41, 5.74) is 6.80. The Morgan fingerprint density at radius 2 is 2.33 bits per heavy atom. The number of piperidine rings is 1. The fraction of sp³-hybridized carbons (Fsp3) is 0.692. The highest BCUT2D eigenvalue weighted by Crippen LogP contribution is 2.24. The van der Waals surface area contributed by atoms with Gasteiger partial charge in [-0.3, -0.25) is 0 Å². The summed E-state index contributed by atoms with van der Waals surface area (Å²) in [6.45, 7) is 6.86. The lowest BCUT2D eigenvalue weighted by Crippen LogP contribution is -2.40. The summed E-state index contributed by atoms with van der Waals surface area (Å²) in [5, 5.41) is 0. The lowest BCUT2D eigenvalue weighted by molar-refractivity contribution is 0.0439. The smallest absolute Gasteiger partial charge is 0.137 e. The van der Waals surface area contributed by atoms with E-state index in [1.54, 1.807) is 0 Å². The van der Waals surface area contributed by atoms with Crippen molar-refractivity contribution in [3.63, 3.8) is 0 Å². The highest BCUT2D eigenvalue weighted by molar-refractivity contribution is 5.55. The van der Waals surface area contributed by atoms with E-state index in [1.807, 2.05) is 6.92 Å². The second-order valence-electron chi connectivity index (χ2n) is 4.79. The van der Waals surface area contributed by atoms with Crippen molar-refractivity contribution in [3.05, 3.63) is 11.9 Å². The van der Waals surface area contributed by atoms with E-state index in [4.69, 9.17) is 10.5 Å². The molecule has 0 bridgehead atoms. The van der Waals surface area contributed by atoms with E-state index in [0.29, 0.717) is 11.9 Å². The first-order valence-electron chi connectivity index (χ1n) is 6.66. The van der Waals surface area contributed by atoms with E-state index >= 15 is 0 Å². The van der Waals surface area contributed by atoms with Crippen LogP contribution in [0.5, 0.6) is 0 Å². The van der Waals surface area contributed by atoms with Crippen LogP contribution in [0.25, 0.3) is 0 Å². The minimum atomic E-state index is 0.314. The summed E-state index contributed by atoms with van der Waals surface area (Å²) in [6, 6.07) is 0. The Hall–Kier alpha value is -1.36. The van der Waals surface area contributed by atoms with Crippen LogP contribution in [0.2, 0.25) is 0 Å². The number of rotatable bonds is 4. The molecule has 1 fully saturated rings. The second kappa shape index (κ2) is 6.00. The van der Waals surface area contributed by atoms with E-state index < -0.39 is 0 Å². The monoisotopic (exact) mass is 250 g/mol. The van der Waals surface area contributed by atoms with Crippen LogP contribution in [-0.4, -0.2) is 35.8 Å². The summed E-state index contributed by atoms with van der Waals surface area (Å²) in [5.74, 6) is 1.52. The van der Waals surface area contributed by atoms with Gasteiger partial charge in [-0.15, -0.1) is 0 Å². The Bertz CT molecular complexity index is 397. The molecule has 0 radical (unpaired) electrons. The van der Waals surface area contributed by atoms with Gasteiger partial charge in [-0.2, -0.15) is 0 Å². The third-order valence-corrected chi connectivity index (χ3v) is 3.33. The fourth-order valence-electron chi connectivity index (χ4n) is 2.32. The molecule has 5 nitrogen and oxygen atoms in total. The molecule has 0 aromatic carbocycles. The van der Waals surface area contributed by atoms with Crippen molar-refractivity contribution in [3.8, 4) is 0 Å². The number of nitrogen functional groups attached to an aromatic ring is 1. The molecule has 5 heteroatoms. The number of hydrogen-bond donors (Lipinski definition) is 1. The molecule has 0 spiro atoms. The maximum Gasteiger partial charge on any atom is 0.137 e. The molecule has 2 heterocycles. The molecule has 1 aliphatic rings. The molecule has 1 unspecified atom stereocenters. The van der Waals surface area contributed by atoms with Crippen LogP contribution >= 0.6 is 0 Å². The number of anilines is 2. The van der Waals surface area contributed by atoms with Crippen molar-refractivity contribution in [2.45, 2.75) is 39.2 Å². The van der Waals surface area contributed by atoms with Gasteiger partial charge in [-0.1, -0.05) is 6.92 Å². The average molecular weight is 250 g/mol. The predicted octanol–water partition coefficient (Wildman–Crippen LogP) is 1.76. The summed E-state index contributed by atoms with van der Waals surface area (Å²) in [4.78, 5) is 10.6. The molecular formula is C13H22N4O. The predicted molar refractivity (Wildman–Crippen MR) is 72.7 cm³/mol. The van der Waals surface area contributed by atoms with Gasteiger partial charge >= 0.3 is 0 Å². The summed E-state index contributed by atoms with van der Waals surface area (Å²) in [7, 11) is 0. The standard InChI is InChI=1S/C13H22N4O/c1-3-7-18-11-5-4-6-17(8-11)13-10(2)12(14)15-9-16-13/h9,11H,3-8H2,1-2H3,(H2,14,15,16). The molecule has 0 aliphatic carbocycles. The largest absolute Gasteiger partial charge is 0.383 e. The van der Waals surface area contributed by atoms with Gasteiger partial charge in [0.05, 0.1) is 6.10 Å². The zero-order valence-electron chi connectivity index (χ0n) is 11.2. The number of hydrogen-bond acceptors (Lipinski definition) is 5. The molecule has 1 atom stereocenters. The quantitative estimate of drug-likeness (QED) is 0.882. The van der Waals surface area contributed by atoms with Crippen molar-refractivity contribution in [1.29, 1.82) is 0 Å². The van der Waals surface area contributed by atoms with Crippen LogP contribution in [0, 0.1) is 6.92 Å². The van der Waals surface area contributed by atoms with Gasteiger partial charge in [0.1, 0.15) is 18.0 Å². The maximum absolute atomic E-state index is 5.84. The van der Waals surface area contributed by atoms with E-state index in [2.05, 4.69) is 21.8 Å². The van der Waals surface area contributed by atoms with E-state index in [-0.39, 0.29) is 0 Å². The summed E-state index contributed by atoms with van der Waals surface area (Å²) < 4.78 is 5.84. The summed E-state index contributed by atoms with van der Waals surface area (Å²) >= 11 is 0. The highest BCUT2D eigenvalue weighted by atomic mass is 16.5. The van der Waals surface area contributed by atoms with Crippen molar-refractivity contribution in [2.75, 3.05) is 30.3 Å². The van der Waals surface area contributed by atoms with Crippen LogP contribution in [0.3, 0.4) is 0 Å². The van der Waals surface area contributed by atoms with Gasteiger partial charge in [0.15, 0.2) is 0 Å². The molecular weight excluding hydrogens is 228 g/mol. The number of aromatic nitrogens is 2. The molecule has 1 saturated heterocycles. The summed E-state index contributed by atoms with van der Waals surface area (Å²) in [6.07, 6.45) is 5.19. The van der Waals surface area contributed by atoms with Crippen molar-refractivity contribution in [2.24, 2.45) is 0 Å². The molecule has 2 N–H and O–H groups in total. The average Bonchev–Trinajstić information content (AvgIpc) is 2.40. The van der Waals surface area contributed by atoms with Gasteiger partial charge < -0.3 is 15.4 Å². The number of nitrogens with zero attached hydrogens (tertiary/aromatic N) is 3. The Balaban J connectivity index is 2.06. The van der Waals surface area contributed by atoms with Crippen LogP contribution < -0.4 is 10.6 Å². The normalized spacial score (nSPS) is 20.1. The molecule has 0 amide bonds. The highest BCUT2D eigenvalue weighted by Gasteiger charge is 2.22. The van der Waals surface area contributed by atoms with Crippen LogP contribution in [0.15, 0.2) is 6.33 Å². The first kappa shape index (κ1) is 13.1. The van der Waals surface area contributed by atoms with Crippen LogP contribution in [0.4, 0.5) is 11.6 Å². The molecule has 100 valence electrons. The molecule has 0 saturated carbocycles. The first-order valence-corrected chi connectivity index (χ1v) is 6.66. The zero-order chi connectivity index (χ0) is 13.0. The SMILES string of the molecule is CCCOC1CCCN(c2ncnc(N)c2C)C1. The third-order valence-electron chi connectivity index (χ3n) is 3.33. The van der Waals surface area contributed by atoms with E-state index in [0.717, 1.165) is 50.3 Å². The van der Waals surface area contributed by atoms with Crippen molar-refractivity contribution >= 4 is 11.6 Å². The third kappa shape index (κ3) is 2.90. The van der Waals surface area contributed by atoms with Crippen LogP contribution in [-0.2, 0) is 4.74 Å². The minimum Gasteiger partial charge on any atom is -0.383 e. The molecule has 1 aromatic rings. The van der Waals surface area contributed by atoms with Gasteiger partial charge in [0.25, 0.3) is 0 Å². The molecule has 18 heavy (non-hydrogen) atoms. The molecule has 1 aromatic heterocycles. The number of nitrogens with two attached hydrogens (primary N) is 1. The van der Waals surface area contributed by atoms with E-state index in [1.165, 1.54) is 6.33 Å². The van der Waals surface area contributed by atoms with E-state index in [9.17, 15) is 0 Å². The topological polar surface area (TPSA) is 64.3 Å². The lowest BCUT2D eigenvalue weighted by Gasteiger charge is -2.34. The van der Waals surface area contributed by atoms with Gasteiger partial charge in [-0.25, -0.2) is 9.97 Å². The Morgan fingerprint density at radius 3 is 3.11 bits per heavy atom. The van der Waals surface area contributed by atoms with Crippen molar-refractivity contribution < 1.29 is 4.74 Å². The fourth-order valence-corrected chi connectivity index (χ4v) is 2.32. The molecule has 2 rings (SSSR count). The number of ether oxygens (including phenoxy) is 1. The molecule has 1 aliphatic heterocycles. The Morgan fingerprint density at radius 1 is 1.50 bits per heavy atom. The maximum atomic E-state index is 5.84. The van der Waals surface area contributed by atoms with Crippen molar-refractivity contribution in [1.82, 2.24) is 9.97 Å². The zero-order valence-corrected chi connectivity index (χ0v) is 11.2. The Labute approximate surface area is 108 Å². The second-order valence-corrected chi connectivity index (χ2v) is 4.79. The van der Waals surface area contributed by atoms with Gasteiger partial charge in [0, 0.05) is 25.3 Å². The van der Waals surface area contributed by atoms with Gasteiger partial charge in [-0.05, 0) is 26.2 Å². The van der Waals surface area contributed by atoms with Gasteiger partial charge in [0.2, 0.25) is 0 Å². The lowest BCUT2D eigenvalue weighted by atomic mass is 10.1. The Kier molecular flexibility index (Phi) is 4.36. The minimum absolute atomic E-state index is 0.314. The van der Waals surface area contributed by atoms with Crippen LogP contribution in [0.1, 0.15) is 31.7 Å².